The number of carbonyl (C=O) groups excluding carboxylic acids is 1. The number of methoxy groups -OCH3 is 1. The third kappa shape index (κ3) is 5.39. The average molecular weight is 335 g/mol. The molecule has 0 unspecified atom stereocenters. The van der Waals surface area contributed by atoms with Crippen LogP contribution in [-0.2, 0) is 4.79 Å². The molecule has 1 amide bonds. The fraction of sp³-hybridized carbons (Fsp3) is 0.611. The Balaban J connectivity index is 1.66. The van der Waals surface area contributed by atoms with Crippen LogP contribution in [0.2, 0.25) is 0 Å². The molecule has 1 saturated heterocycles. The number of rotatable bonds is 8. The van der Waals surface area contributed by atoms with E-state index in [1.165, 1.54) is 0 Å². The molecule has 0 aliphatic carbocycles. The molecule has 6 heteroatoms. The molecule has 1 aromatic carbocycles. The largest absolute Gasteiger partial charge is 0.497 e. The highest BCUT2D eigenvalue weighted by Gasteiger charge is 2.24. The van der Waals surface area contributed by atoms with Gasteiger partial charge in [-0.25, -0.2) is 0 Å². The highest BCUT2D eigenvalue weighted by Crippen LogP contribution is 2.17. The van der Waals surface area contributed by atoms with Gasteiger partial charge in [-0.3, -0.25) is 14.6 Å². The Morgan fingerprint density at radius 1 is 1.17 bits per heavy atom. The molecule has 0 bridgehead atoms. The van der Waals surface area contributed by atoms with E-state index in [-0.39, 0.29) is 11.9 Å². The number of nitrogens with zero attached hydrogens (tertiary/aromatic N) is 2. The Morgan fingerprint density at radius 2 is 1.79 bits per heavy atom. The van der Waals surface area contributed by atoms with Crippen molar-refractivity contribution < 1.29 is 14.3 Å². The van der Waals surface area contributed by atoms with E-state index < -0.39 is 0 Å². The zero-order chi connectivity index (χ0) is 17.4. The van der Waals surface area contributed by atoms with Crippen LogP contribution in [-0.4, -0.2) is 74.7 Å². The molecule has 0 aromatic heterocycles. The molecule has 1 fully saturated rings. The third-order valence-electron chi connectivity index (χ3n) is 4.42. The summed E-state index contributed by atoms with van der Waals surface area (Å²) < 4.78 is 10.9. The number of nitrogens with one attached hydrogen (secondary N) is 1. The lowest BCUT2D eigenvalue weighted by Gasteiger charge is -2.37. The van der Waals surface area contributed by atoms with Gasteiger partial charge in [-0.15, -0.1) is 0 Å². The summed E-state index contributed by atoms with van der Waals surface area (Å²) in [4.78, 5) is 16.5. The van der Waals surface area contributed by atoms with Gasteiger partial charge in [0.15, 0.2) is 0 Å². The number of hydrogen-bond donors (Lipinski definition) is 1. The van der Waals surface area contributed by atoms with E-state index in [9.17, 15) is 4.79 Å². The zero-order valence-corrected chi connectivity index (χ0v) is 15.0. The Morgan fingerprint density at radius 3 is 2.38 bits per heavy atom. The second kappa shape index (κ2) is 9.49. The Bertz CT molecular complexity index is 499. The van der Waals surface area contributed by atoms with Crippen molar-refractivity contribution in [3.63, 3.8) is 0 Å². The highest BCUT2D eigenvalue weighted by molar-refractivity contribution is 5.81. The smallest absolute Gasteiger partial charge is 0.237 e. The quantitative estimate of drug-likeness (QED) is 0.774. The maximum Gasteiger partial charge on any atom is 0.237 e. The molecule has 1 N–H and O–H groups in total. The van der Waals surface area contributed by atoms with Gasteiger partial charge in [0.2, 0.25) is 5.91 Å². The first-order valence-corrected chi connectivity index (χ1v) is 8.65. The van der Waals surface area contributed by atoms with Gasteiger partial charge in [0.1, 0.15) is 18.1 Å². The van der Waals surface area contributed by atoms with Crippen LogP contribution in [0.15, 0.2) is 24.3 Å². The number of ether oxygens (including phenoxy) is 2. The highest BCUT2D eigenvalue weighted by atomic mass is 16.5. The van der Waals surface area contributed by atoms with Crippen molar-refractivity contribution in [2.45, 2.75) is 19.9 Å². The van der Waals surface area contributed by atoms with Crippen LogP contribution in [0.5, 0.6) is 11.5 Å². The van der Waals surface area contributed by atoms with Gasteiger partial charge < -0.3 is 14.8 Å². The number of likely N-dealkylation sites (N-methyl/N-ethyl adjacent to an activating group) is 1. The summed E-state index contributed by atoms with van der Waals surface area (Å²) in [6.45, 7) is 9.95. The molecule has 134 valence electrons. The predicted octanol–water partition coefficient (Wildman–Crippen LogP) is 1.22. The summed E-state index contributed by atoms with van der Waals surface area (Å²) >= 11 is 0. The Hall–Kier alpha value is -1.79. The summed E-state index contributed by atoms with van der Waals surface area (Å²) in [6.07, 6.45) is 0. The molecule has 0 spiro atoms. The zero-order valence-electron chi connectivity index (χ0n) is 15.0. The van der Waals surface area contributed by atoms with Crippen LogP contribution in [0.4, 0.5) is 0 Å². The molecule has 24 heavy (non-hydrogen) atoms. The molecule has 1 heterocycles. The molecular weight excluding hydrogens is 306 g/mol. The number of piperazine rings is 1. The maximum absolute atomic E-state index is 11.9. The molecule has 0 radical (unpaired) electrons. The fourth-order valence-corrected chi connectivity index (χ4v) is 2.83. The summed E-state index contributed by atoms with van der Waals surface area (Å²) in [7, 11) is 1.66. The first kappa shape index (κ1) is 18.5. The minimum atomic E-state index is -0.0531. The van der Waals surface area contributed by atoms with Crippen molar-refractivity contribution in [1.29, 1.82) is 0 Å². The van der Waals surface area contributed by atoms with Gasteiger partial charge in [0.25, 0.3) is 0 Å². The molecular formula is C18H29N3O3. The summed E-state index contributed by atoms with van der Waals surface area (Å²) in [6, 6.07) is 7.59. The van der Waals surface area contributed by atoms with Gasteiger partial charge >= 0.3 is 0 Å². The molecule has 2 rings (SSSR count). The lowest BCUT2D eigenvalue weighted by atomic mass is 10.2. The van der Waals surface area contributed by atoms with E-state index in [0.29, 0.717) is 13.2 Å². The van der Waals surface area contributed by atoms with Crippen LogP contribution in [0.3, 0.4) is 0 Å². The van der Waals surface area contributed by atoms with Crippen molar-refractivity contribution >= 4 is 5.91 Å². The van der Waals surface area contributed by atoms with Gasteiger partial charge in [-0.05, 0) is 38.1 Å². The lowest BCUT2D eigenvalue weighted by Crippen LogP contribution is -2.54. The number of carbonyl (C=O) groups is 1. The minimum Gasteiger partial charge on any atom is -0.497 e. The van der Waals surface area contributed by atoms with Crippen molar-refractivity contribution in [2.75, 3.05) is 53.0 Å². The Labute approximate surface area is 144 Å². The van der Waals surface area contributed by atoms with Gasteiger partial charge in [0.05, 0.1) is 13.2 Å². The van der Waals surface area contributed by atoms with Crippen LogP contribution < -0.4 is 14.8 Å². The SMILES string of the molecule is CCNC(=O)[C@@H](C)N1CCN(CCOc2ccc(OC)cc2)CC1. The van der Waals surface area contributed by atoms with Gasteiger partial charge in [-0.1, -0.05) is 0 Å². The first-order chi connectivity index (χ1) is 11.6. The number of benzene rings is 1. The predicted molar refractivity (Wildman–Crippen MR) is 94.6 cm³/mol. The van der Waals surface area contributed by atoms with E-state index in [0.717, 1.165) is 44.2 Å². The van der Waals surface area contributed by atoms with Crippen molar-refractivity contribution in [3.05, 3.63) is 24.3 Å². The van der Waals surface area contributed by atoms with E-state index in [1.54, 1.807) is 7.11 Å². The second-order valence-corrected chi connectivity index (χ2v) is 5.97. The summed E-state index contributed by atoms with van der Waals surface area (Å²) in [5.74, 6) is 1.81. The third-order valence-corrected chi connectivity index (χ3v) is 4.42. The molecule has 0 saturated carbocycles. The molecule has 1 aliphatic heterocycles. The summed E-state index contributed by atoms with van der Waals surface area (Å²) in [5.41, 5.74) is 0. The second-order valence-electron chi connectivity index (χ2n) is 5.97. The van der Waals surface area contributed by atoms with Crippen LogP contribution in [0.1, 0.15) is 13.8 Å². The molecule has 1 aliphatic rings. The first-order valence-electron chi connectivity index (χ1n) is 8.65. The van der Waals surface area contributed by atoms with E-state index in [4.69, 9.17) is 9.47 Å². The lowest BCUT2D eigenvalue weighted by molar-refractivity contribution is -0.126. The molecule has 1 aromatic rings. The van der Waals surface area contributed by atoms with Crippen LogP contribution in [0.25, 0.3) is 0 Å². The van der Waals surface area contributed by atoms with Crippen LogP contribution >= 0.6 is 0 Å². The fourth-order valence-electron chi connectivity index (χ4n) is 2.83. The van der Waals surface area contributed by atoms with E-state index in [1.807, 2.05) is 38.1 Å². The van der Waals surface area contributed by atoms with Crippen LogP contribution in [0, 0.1) is 0 Å². The normalized spacial score (nSPS) is 17.3. The van der Waals surface area contributed by atoms with Gasteiger partial charge in [0, 0.05) is 39.3 Å². The van der Waals surface area contributed by atoms with Crippen molar-refractivity contribution in [2.24, 2.45) is 0 Å². The van der Waals surface area contributed by atoms with E-state index >= 15 is 0 Å². The molecule has 1 atom stereocenters. The maximum atomic E-state index is 11.9. The van der Waals surface area contributed by atoms with Crippen molar-refractivity contribution in [1.82, 2.24) is 15.1 Å². The topological polar surface area (TPSA) is 54.0 Å². The number of amides is 1. The number of hydrogen-bond acceptors (Lipinski definition) is 5. The molecule has 6 nitrogen and oxygen atoms in total. The Kier molecular flexibility index (Phi) is 7.34. The van der Waals surface area contributed by atoms with Crippen molar-refractivity contribution in [3.8, 4) is 11.5 Å². The van der Waals surface area contributed by atoms with Gasteiger partial charge in [-0.2, -0.15) is 0 Å². The van der Waals surface area contributed by atoms with E-state index in [2.05, 4.69) is 15.1 Å². The minimum absolute atomic E-state index is 0.0531. The standard InChI is InChI=1S/C18H29N3O3/c1-4-19-18(22)15(2)21-11-9-20(10-12-21)13-14-24-17-7-5-16(23-3)6-8-17/h5-8,15H,4,9-14H2,1-3H3,(H,19,22)/t15-/m1/s1. The average Bonchev–Trinajstić information content (AvgIpc) is 2.62. The monoisotopic (exact) mass is 335 g/mol. The summed E-state index contributed by atoms with van der Waals surface area (Å²) in [5, 5.41) is 2.89.